The maximum atomic E-state index is 13.8. The third-order valence-electron chi connectivity index (χ3n) is 3.99. The first-order chi connectivity index (χ1) is 9.88. The first-order valence-corrected chi connectivity index (χ1v) is 9.23. The lowest BCUT2D eigenvalue weighted by atomic mass is 9.80. The van der Waals surface area contributed by atoms with Gasteiger partial charge in [0.2, 0.25) is 10.0 Å². The van der Waals surface area contributed by atoms with Gasteiger partial charge in [0.1, 0.15) is 5.82 Å². The van der Waals surface area contributed by atoms with Crippen molar-refractivity contribution in [2.45, 2.75) is 32.2 Å². The number of fused-ring (bicyclic) bond motifs is 1. The topological polar surface area (TPSA) is 58.2 Å². The second-order valence-electron chi connectivity index (χ2n) is 5.78. The highest BCUT2D eigenvalue weighted by atomic mass is 32.2. The van der Waals surface area contributed by atoms with Crippen LogP contribution in [0.1, 0.15) is 36.9 Å². The van der Waals surface area contributed by atoms with Gasteiger partial charge in [-0.1, -0.05) is 19.1 Å². The van der Waals surface area contributed by atoms with Crippen molar-refractivity contribution in [2.75, 3.05) is 19.3 Å². The van der Waals surface area contributed by atoms with Crippen molar-refractivity contribution in [1.29, 1.82) is 0 Å². The number of hydrogen-bond acceptors (Lipinski definition) is 3. The van der Waals surface area contributed by atoms with Crippen LogP contribution in [0.2, 0.25) is 0 Å². The third kappa shape index (κ3) is 4.49. The van der Waals surface area contributed by atoms with Gasteiger partial charge in [0.15, 0.2) is 0 Å². The number of halogens is 1. The fourth-order valence-electron chi connectivity index (χ4n) is 2.89. The fraction of sp³-hybridized carbons (Fsp3) is 0.600. The van der Waals surface area contributed by atoms with Crippen LogP contribution in [0.15, 0.2) is 18.2 Å². The summed E-state index contributed by atoms with van der Waals surface area (Å²) in [5, 5.41) is 3.44. The summed E-state index contributed by atoms with van der Waals surface area (Å²) >= 11 is 0. The Balaban J connectivity index is 1.93. The van der Waals surface area contributed by atoms with Gasteiger partial charge in [0, 0.05) is 12.6 Å². The molecule has 0 fully saturated rings. The van der Waals surface area contributed by atoms with Gasteiger partial charge in [-0.2, -0.15) is 0 Å². The number of rotatable bonds is 6. The van der Waals surface area contributed by atoms with Crippen molar-refractivity contribution in [1.82, 2.24) is 10.0 Å². The lowest BCUT2D eigenvalue weighted by molar-refractivity contribution is 0.339. The van der Waals surface area contributed by atoms with Crippen molar-refractivity contribution in [3.8, 4) is 0 Å². The summed E-state index contributed by atoms with van der Waals surface area (Å²) in [6.07, 6.45) is 3.62. The van der Waals surface area contributed by atoms with E-state index in [-0.39, 0.29) is 11.9 Å². The summed E-state index contributed by atoms with van der Waals surface area (Å²) in [6.45, 7) is 3.29. The summed E-state index contributed by atoms with van der Waals surface area (Å²) in [7, 11) is -3.12. The van der Waals surface area contributed by atoms with Gasteiger partial charge in [-0.3, -0.25) is 0 Å². The molecule has 0 aromatic heterocycles. The summed E-state index contributed by atoms with van der Waals surface area (Å²) in [5.41, 5.74) is 1.87. The van der Waals surface area contributed by atoms with Crippen LogP contribution >= 0.6 is 0 Å². The molecule has 0 aliphatic heterocycles. The Hall–Kier alpha value is -0.980. The molecule has 0 saturated carbocycles. The van der Waals surface area contributed by atoms with E-state index in [0.29, 0.717) is 25.4 Å². The molecule has 1 aliphatic carbocycles. The molecule has 2 atom stereocenters. The average Bonchev–Trinajstić information content (AvgIpc) is 2.39. The van der Waals surface area contributed by atoms with Gasteiger partial charge in [0.25, 0.3) is 0 Å². The van der Waals surface area contributed by atoms with E-state index >= 15 is 0 Å². The predicted octanol–water partition coefficient (Wildman–Crippen LogP) is 1.98. The SMILES string of the molecule is C[C@@H]1CCc2c(F)cccc2[C@H]1NCCCNS(C)(=O)=O. The van der Waals surface area contributed by atoms with Crippen LogP contribution in [-0.2, 0) is 16.4 Å². The van der Waals surface area contributed by atoms with Gasteiger partial charge in [-0.05, 0) is 48.9 Å². The van der Waals surface area contributed by atoms with Crippen LogP contribution in [-0.4, -0.2) is 27.8 Å². The van der Waals surface area contributed by atoms with Gasteiger partial charge in [-0.15, -0.1) is 0 Å². The van der Waals surface area contributed by atoms with Crippen LogP contribution in [0.3, 0.4) is 0 Å². The predicted molar refractivity (Wildman–Crippen MR) is 82.1 cm³/mol. The Morgan fingerprint density at radius 1 is 1.33 bits per heavy atom. The Morgan fingerprint density at radius 2 is 2.10 bits per heavy atom. The average molecular weight is 314 g/mol. The van der Waals surface area contributed by atoms with Gasteiger partial charge in [-0.25, -0.2) is 17.5 Å². The maximum Gasteiger partial charge on any atom is 0.208 e. The second kappa shape index (κ2) is 6.85. The Morgan fingerprint density at radius 3 is 2.81 bits per heavy atom. The third-order valence-corrected chi connectivity index (χ3v) is 4.72. The highest BCUT2D eigenvalue weighted by Crippen LogP contribution is 2.35. The van der Waals surface area contributed by atoms with E-state index in [9.17, 15) is 12.8 Å². The molecule has 21 heavy (non-hydrogen) atoms. The molecule has 118 valence electrons. The van der Waals surface area contributed by atoms with E-state index in [2.05, 4.69) is 17.0 Å². The van der Waals surface area contributed by atoms with Crippen LogP contribution in [0.25, 0.3) is 0 Å². The van der Waals surface area contributed by atoms with Gasteiger partial charge >= 0.3 is 0 Å². The van der Waals surface area contributed by atoms with Crippen molar-refractivity contribution >= 4 is 10.0 Å². The largest absolute Gasteiger partial charge is 0.310 e. The molecule has 1 aromatic carbocycles. The minimum atomic E-state index is -3.12. The zero-order valence-electron chi connectivity index (χ0n) is 12.5. The van der Waals surface area contributed by atoms with Crippen molar-refractivity contribution in [2.24, 2.45) is 5.92 Å². The fourth-order valence-corrected chi connectivity index (χ4v) is 3.41. The lowest BCUT2D eigenvalue weighted by Crippen LogP contribution is -2.33. The number of hydrogen-bond donors (Lipinski definition) is 2. The Bertz CT molecular complexity index is 589. The second-order valence-corrected chi connectivity index (χ2v) is 7.61. The molecule has 0 amide bonds. The highest BCUT2D eigenvalue weighted by Gasteiger charge is 2.27. The monoisotopic (exact) mass is 314 g/mol. The first-order valence-electron chi connectivity index (χ1n) is 7.34. The lowest BCUT2D eigenvalue weighted by Gasteiger charge is -2.32. The Labute approximate surface area is 126 Å². The molecule has 0 heterocycles. The molecule has 0 radical (unpaired) electrons. The summed E-state index contributed by atoms with van der Waals surface area (Å²) in [4.78, 5) is 0. The quantitative estimate of drug-likeness (QED) is 0.789. The van der Waals surface area contributed by atoms with E-state index in [1.807, 2.05) is 6.07 Å². The van der Waals surface area contributed by atoms with Crippen molar-refractivity contribution in [3.63, 3.8) is 0 Å². The molecule has 0 unspecified atom stereocenters. The highest BCUT2D eigenvalue weighted by molar-refractivity contribution is 7.88. The van der Waals surface area contributed by atoms with Crippen LogP contribution in [0, 0.1) is 11.7 Å². The van der Waals surface area contributed by atoms with Gasteiger partial charge < -0.3 is 5.32 Å². The molecule has 0 saturated heterocycles. The smallest absolute Gasteiger partial charge is 0.208 e. The number of nitrogens with one attached hydrogen (secondary N) is 2. The minimum Gasteiger partial charge on any atom is -0.310 e. The normalized spacial score (nSPS) is 22.0. The molecule has 0 spiro atoms. The molecule has 4 nitrogen and oxygen atoms in total. The standard InChI is InChI=1S/C15H23FN2O2S/c1-11-7-8-12-13(5-3-6-14(12)16)15(11)17-9-4-10-18-21(2,19)20/h3,5-6,11,15,17-18H,4,7-10H2,1-2H3/t11-,15+/m1/s1. The van der Waals surface area contributed by atoms with Crippen LogP contribution in [0.4, 0.5) is 4.39 Å². The molecule has 6 heteroatoms. The Kier molecular flexibility index (Phi) is 5.35. The molecule has 2 N–H and O–H groups in total. The van der Waals surface area contributed by atoms with Gasteiger partial charge in [0.05, 0.1) is 6.26 Å². The van der Waals surface area contributed by atoms with Crippen molar-refractivity contribution < 1.29 is 12.8 Å². The van der Waals surface area contributed by atoms with E-state index < -0.39 is 10.0 Å². The van der Waals surface area contributed by atoms with E-state index in [4.69, 9.17) is 0 Å². The van der Waals surface area contributed by atoms with Crippen LogP contribution in [0.5, 0.6) is 0 Å². The maximum absolute atomic E-state index is 13.8. The molecule has 1 aromatic rings. The molecular formula is C15H23FN2O2S. The molecule has 0 bridgehead atoms. The summed E-state index contributed by atoms with van der Waals surface area (Å²) < 4.78 is 38.3. The van der Waals surface area contributed by atoms with Crippen LogP contribution < -0.4 is 10.0 Å². The van der Waals surface area contributed by atoms with E-state index in [1.54, 1.807) is 6.07 Å². The summed E-state index contributed by atoms with van der Waals surface area (Å²) in [5.74, 6) is 0.326. The summed E-state index contributed by atoms with van der Waals surface area (Å²) in [6, 6.07) is 5.40. The van der Waals surface area contributed by atoms with Crippen molar-refractivity contribution in [3.05, 3.63) is 35.1 Å². The molecule has 2 rings (SSSR count). The molecular weight excluding hydrogens is 291 g/mol. The zero-order chi connectivity index (χ0) is 15.5. The molecule has 1 aliphatic rings. The first kappa shape index (κ1) is 16.4. The minimum absolute atomic E-state index is 0.120. The number of benzene rings is 1. The zero-order valence-corrected chi connectivity index (χ0v) is 13.3. The number of sulfonamides is 1. The van der Waals surface area contributed by atoms with E-state index in [0.717, 1.165) is 30.2 Å². The van der Waals surface area contributed by atoms with E-state index in [1.165, 1.54) is 6.07 Å².